The summed E-state index contributed by atoms with van der Waals surface area (Å²) in [6, 6.07) is 2.55. The van der Waals surface area contributed by atoms with E-state index in [1.54, 1.807) is 0 Å². The van der Waals surface area contributed by atoms with Crippen LogP contribution in [0.5, 0.6) is 0 Å². The molecule has 0 aliphatic rings. The molecule has 114 valence electrons. The first-order valence-corrected chi connectivity index (χ1v) is 7.98. The molecule has 0 bridgehead atoms. The largest absolute Gasteiger partial charge is 0.271 e. The number of nitrogens with one attached hydrogen (secondary N) is 1. The minimum Gasteiger partial charge on any atom is -0.271 e. The first kappa shape index (κ1) is 17.5. The van der Waals surface area contributed by atoms with E-state index in [-0.39, 0.29) is 22.5 Å². The van der Waals surface area contributed by atoms with Crippen molar-refractivity contribution in [3.05, 3.63) is 33.8 Å². The van der Waals surface area contributed by atoms with Crippen molar-refractivity contribution in [2.45, 2.75) is 57.9 Å². The molecule has 0 amide bonds. The predicted molar refractivity (Wildman–Crippen MR) is 82.2 cm³/mol. The Labute approximate surface area is 128 Å². The normalized spacial score (nSPS) is 12.7. The van der Waals surface area contributed by atoms with Crippen LogP contribution in [0.15, 0.2) is 16.6 Å². The highest BCUT2D eigenvalue weighted by molar-refractivity contribution is 9.10. The van der Waals surface area contributed by atoms with Gasteiger partial charge >= 0.3 is 0 Å². The molecule has 20 heavy (non-hydrogen) atoms. The van der Waals surface area contributed by atoms with Crippen molar-refractivity contribution in [2.75, 3.05) is 0 Å². The molecule has 0 saturated heterocycles. The fourth-order valence-electron chi connectivity index (χ4n) is 2.24. The zero-order valence-corrected chi connectivity index (χ0v) is 13.5. The molecule has 3 N–H and O–H groups in total. The molecule has 0 heterocycles. The molecule has 0 aliphatic carbocycles. The Bertz CT molecular complexity index is 413. The lowest BCUT2D eigenvalue weighted by Crippen LogP contribution is -2.37. The Hall–Kier alpha value is -0.520. The molecule has 0 radical (unpaired) electrons. The van der Waals surface area contributed by atoms with Crippen molar-refractivity contribution < 1.29 is 8.78 Å². The van der Waals surface area contributed by atoms with Crippen molar-refractivity contribution in [2.24, 2.45) is 5.84 Å². The fraction of sp³-hybridized carbons (Fsp3) is 0.600. The van der Waals surface area contributed by atoms with E-state index >= 15 is 0 Å². The maximum atomic E-state index is 13.9. The number of rotatable bonds is 9. The quantitative estimate of drug-likeness (QED) is 0.299. The number of halogens is 3. The average molecular weight is 349 g/mol. The van der Waals surface area contributed by atoms with E-state index in [2.05, 4.69) is 28.3 Å². The van der Waals surface area contributed by atoms with E-state index in [4.69, 9.17) is 5.84 Å². The summed E-state index contributed by atoms with van der Waals surface area (Å²) < 4.78 is 27.9. The molecule has 1 rings (SSSR count). The van der Waals surface area contributed by atoms with Crippen LogP contribution in [0.3, 0.4) is 0 Å². The lowest BCUT2D eigenvalue weighted by Gasteiger charge is -2.17. The van der Waals surface area contributed by atoms with Crippen LogP contribution in [-0.4, -0.2) is 6.04 Å². The minimum atomic E-state index is -0.531. The lowest BCUT2D eigenvalue weighted by molar-refractivity contribution is 0.442. The van der Waals surface area contributed by atoms with Gasteiger partial charge in [-0.25, -0.2) is 8.78 Å². The summed E-state index contributed by atoms with van der Waals surface area (Å²) in [4.78, 5) is 0. The van der Waals surface area contributed by atoms with Crippen molar-refractivity contribution in [1.29, 1.82) is 0 Å². The van der Waals surface area contributed by atoms with Crippen LogP contribution in [0.1, 0.15) is 51.0 Å². The molecule has 0 fully saturated rings. The molecule has 2 nitrogen and oxygen atoms in total. The molecule has 1 atom stereocenters. The highest BCUT2D eigenvalue weighted by Crippen LogP contribution is 2.23. The average Bonchev–Trinajstić information content (AvgIpc) is 2.45. The van der Waals surface area contributed by atoms with E-state index in [1.807, 2.05) is 0 Å². The van der Waals surface area contributed by atoms with Crippen LogP contribution in [-0.2, 0) is 6.42 Å². The summed E-state index contributed by atoms with van der Waals surface area (Å²) in [5.74, 6) is 4.45. The second-order valence-electron chi connectivity index (χ2n) is 5.09. The van der Waals surface area contributed by atoms with Crippen LogP contribution in [0, 0.1) is 11.6 Å². The first-order chi connectivity index (χ1) is 9.60. The SMILES string of the molecule is CCCCCCCC(Cc1c(F)ccc(Br)c1F)NN. The molecule has 0 aliphatic heterocycles. The maximum Gasteiger partial charge on any atom is 0.143 e. The first-order valence-electron chi connectivity index (χ1n) is 7.18. The molecule has 0 saturated carbocycles. The monoisotopic (exact) mass is 348 g/mol. The Morgan fingerprint density at radius 2 is 1.90 bits per heavy atom. The van der Waals surface area contributed by atoms with Gasteiger partial charge in [0, 0.05) is 11.6 Å². The zero-order valence-electron chi connectivity index (χ0n) is 11.9. The highest BCUT2D eigenvalue weighted by Gasteiger charge is 2.16. The van der Waals surface area contributed by atoms with Crippen molar-refractivity contribution in [1.82, 2.24) is 5.43 Å². The molecule has 0 spiro atoms. The van der Waals surface area contributed by atoms with Gasteiger partial charge in [-0.3, -0.25) is 11.3 Å². The number of unbranched alkanes of at least 4 members (excludes halogenated alkanes) is 4. The third kappa shape index (κ3) is 5.46. The van der Waals surface area contributed by atoms with Crippen LogP contribution in [0.4, 0.5) is 8.78 Å². The van der Waals surface area contributed by atoms with Gasteiger partial charge in [0.25, 0.3) is 0 Å². The molecule has 1 aromatic rings. The Morgan fingerprint density at radius 1 is 1.20 bits per heavy atom. The molecule has 1 unspecified atom stereocenters. The van der Waals surface area contributed by atoms with Crippen LogP contribution >= 0.6 is 15.9 Å². The van der Waals surface area contributed by atoms with Gasteiger partial charge in [-0.05, 0) is 40.9 Å². The van der Waals surface area contributed by atoms with E-state index < -0.39 is 11.6 Å². The topological polar surface area (TPSA) is 38.0 Å². The second kappa shape index (κ2) is 9.42. The third-order valence-corrected chi connectivity index (χ3v) is 4.09. The number of hydrazine groups is 1. The molecular weight excluding hydrogens is 326 g/mol. The number of hydrogen-bond donors (Lipinski definition) is 2. The van der Waals surface area contributed by atoms with Gasteiger partial charge in [-0.2, -0.15) is 0 Å². The molecular formula is C15H23BrF2N2. The summed E-state index contributed by atoms with van der Waals surface area (Å²) in [6.07, 6.45) is 6.88. The molecule has 0 aromatic heterocycles. The summed E-state index contributed by atoms with van der Waals surface area (Å²) >= 11 is 3.08. The Morgan fingerprint density at radius 3 is 2.55 bits per heavy atom. The fourth-order valence-corrected chi connectivity index (χ4v) is 2.61. The number of hydrogen-bond acceptors (Lipinski definition) is 2. The minimum absolute atomic E-state index is 0.0934. The second-order valence-corrected chi connectivity index (χ2v) is 5.95. The molecule has 5 heteroatoms. The van der Waals surface area contributed by atoms with Crippen LogP contribution in [0.2, 0.25) is 0 Å². The van der Waals surface area contributed by atoms with Crippen molar-refractivity contribution >= 4 is 15.9 Å². The van der Waals surface area contributed by atoms with E-state index in [0.717, 1.165) is 19.3 Å². The van der Waals surface area contributed by atoms with E-state index in [0.29, 0.717) is 0 Å². The van der Waals surface area contributed by atoms with Gasteiger partial charge in [0.1, 0.15) is 11.6 Å². The van der Waals surface area contributed by atoms with Gasteiger partial charge < -0.3 is 0 Å². The van der Waals surface area contributed by atoms with Gasteiger partial charge in [0.15, 0.2) is 0 Å². The predicted octanol–water partition coefficient (Wildman–Crippen LogP) is 4.46. The van der Waals surface area contributed by atoms with Crippen LogP contribution in [0.25, 0.3) is 0 Å². The number of benzene rings is 1. The third-order valence-electron chi connectivity index (χ3n) is 3.48. The zero-order chi connectivity index (χ0) is 15.0. The standard InChI is InChI=1S/C15H23BrF2N2/c1-2-3-4-5-6-7-11(20-19)10-12-14(17)9-8-13(16)15(12)18/h8-9,11,20H,2-7,10,19H2,1H3. The van der Waals surface area contributed by atoms with Crippen LogP contribution < -0.4 is 11.3 Å². The summed E-state index contributed by atoms with van der Waals surface area (Å²) in [5.41, 5.74) is 2.76. The Kier molecular flexibility index (Phi) is 8.26. The van der Waals surface area contributed by atoms with Gasteiger partial charge in [-0.15, -0.1) is 0 Å². The van der Waals surface area contributed by atoms with Crippen molar-refractivity contribution in [3.63, 3.8) is 0 Å². The maximum absolute atomic E-state index is 13.9. The van der Waals surface area contributed by atoms with E-state index in [9.17, 15) is 8.78 Å². The van der Waals surface area contributed by atoms with Crippen molar-refractivity contribution in [3.8, 4) is 0 Å². The van der Waals surface area contributed by atoms with E-state index in [1.165, 1.54) is 31.4 Å². The van der Waals surface area contributed by atoms with Gasteiger partial charge in [0.2, 0.25) is 0 Å². The lowest BCUT2D eigenvalue weighted by atomic mass is 9.99. The highest BCUT2D eigenvalue weighted by atomic mass is 79.9. The summed E-state index contributed by atoms with van der Waals surface area (Å²) in [6.45, 7) is 2.17. The summed E-state index contributed by atoms with van der Waals surface area (Å²) in [5, 5.41) is 0. The summed E-state index contributed by atoms with van der Waals surface area (Å²) in [7, 11) is 0. The van der Waals surface area contributed by atoms with Gasteiger partial charge in [-0.1, -0.05) is 39.0 Å². The smallest absolute Gasteiger partial charge is 0.143 e. The van der Waals surface area contributed by atoms with Gasteiger partial charge in [0.05, 0.1) is 4.47 Å². The molecule has 1 aromatic carbocycles. The number of nitrogens with two attached hydrogens (primary N) is 1. The Balaban J connectivity index is 2.54.